The number of hydrogen-bond acceptors (Lipinski definition) is 1. The lowest BCUT2D eigenvalue weighted by Gasteiger charge is -2.22. The topological polar surface area (TPSA) is 50.4 Å². The van der Waals surface area contributed by atoms with Gasteiger partial charge in [-0.15, -0.1) is 24.0 Å². The Morgan fingerprint density at radius 2 is 2.05 bits per heavy atom. The van der Waals surface area contributed by atoms with Crippen molar-refractivity contribution < 1.29 is 0 Å². The van der Waals surface area contributed by atoms with Crippen molar-refractivity contribution in [3.05, 3.63) is 34.9 Å². The quantitative estimate of drug-likeness (QED) is 0.456. The third-order valence-corrected chi connectivity index (χ3v) is 3.58. The van der Waals surface area contributed by atoms with Crippen molar-refractivity contribution in [2.45, 2.75) is 44.6 Å². The van der Waals surface area contributed by atoms with Crippen LogP contribution in [-0.4, -0.2) is 18.0 Å². The fourth-order valence-corrected chi connectivity index (χ4v) is 2.36. The van der Waals surface area contributed by atoms with Gasteiger partial charge in [-0.1, -0.05) is 23.7 Å². The Morgan fingerprint density at radius 3 is 2.55 bits per heavy atom. The SMILES string of the molecule is CC(C)(C)NC(N)=NCC1(c2cccc(Cl)c2)CC1.I. The summed E-state index contributed by atoms with van der Waals surface area (Å²) in [6, 6.07) is 8.07. The van der Waals surface area contributed by atoms with E-state index >= 15 is 0 Å². The van der Waals surface area contributed by atoms with Gasteiger partial charge in [0.1, 0.15) is 0 Å². The second-order valence-electron chi connectivity index (χ2n) is 6.37. The number of guanidine groups is 1. The lowest BCUT2D eigenvalue weighted by Crippen LogP contribution is -2.45. The van der Waals surface area contributed by atoms with E-state index in [0.717, 1.165) is 24.4 Å². The van der Waals surface area contributed by atoms with E-state index in [2.05, 4.69) is 37.1 Å². The van der Waals surface area contributed by atoms with Gasteiger partial charge in [-0.25, -0.2) is 0 Å². The van der Waals surface area contributed by atoms with Gasteiger partial charge in [-0.05, 0) is 51.3 Å². The lowest BCUT2D eigenvalue weighted by molar-refractivity contribution is 0.507. The van der Waals surface area contributed by atoms with Crippen LogP contribution in [-0.2, 0) is 5.41 Å². The molecule has 5 heteroatoms. The number of hydrogen-bond donors (Lipinski definition) is 2. The fraction of sp³-hybridized carbons (Fsp3) is 0.533. The van der Waals surface area contributed by atoms with E-state index in [1.54, 1.807) is 0 Å². The monoisotopic (exact) mass is 407 g/mol. The predicted octanol–water partition coefficient (Wildman–Crippen LogP) is 3.69. The zero-order chi connectivity index (χ0) is 14.1. The molecule has 0 heterocycles. The zero-order valence-corrected chi connectivity index (χ0v) is 15.3. The molecule has 3 nitrogen and oxygen atoms in total. The molecule has 1 aliphatic rings. The first-order valence-corrected chi connectivity index (χ1v) is 7.03. The first-order valence-electron chi connectivity index (χ1n) is 6.65. The van der Waals surface area contributed by atoms with E-state index in [4.69, 9.17) is 17.3 Å². The molecule has 0 radical (unpaired) electrons. The van der Waals surface area contributed by atoms with Crippen LogP contribution in [0.4, 0.5) is 0 Å². The summed E-state index contributed by atoms with van der Waals surface area (Å²) in [7, 11) is 0. The van der Waals surface area contributed by atoms with Crippen molar-refractivity contribution in [3.8, 4) is 0 Å². The van der Waals surface area contributed by atoms with E-state index in [0.29, 0.717) is 5.96 Å². The molecule has 1 aromatic carbocycles. The Bertz CT molecular complexity index is 490. The highest BCUT2D eigenvalue weighted by Crippen LogP contribution is 2.48. The van der Waals surface area contributed by atoms with Crippen LogP contribution in [0.15, 0.2) is 29.3 Å². The molecule has 2 rings (SSSR count). The fourth-order valence-electron chi connectivity index (χ4n) is 2.17. The van der Waals surface area contributed by atoms with Crippen LogP contribution in [0.3, 0.4) is 0 Å². The van der Waals surface area contributed by atoms with Crippen LogP contribution in [0.25, 0.3) is 0 Å². The second-order valence-corrected chi connectivity index (χ2v) is 6.80. The molecule has 20 heavy (non-hydrogen) atoms. The molecule has 0 aliphatic heterocycles. The Morgan fingerprint density at radius 1 is 1.40 bits per heavy atom. The van der Waals surface area contributed by atoms with Crippen LogP contribution in [0.2, 0.25) is 5.02 Å². The molecule has 1 aromatic rings. The third-order valence-electron chi connectivity index (χ3n) is 3.35. The van der Waals surface area contributed by atoms with Crippen LogP contribution in [0, 0.1) is 0 Å². The van der Waals surface area contributed by atoms with Crippen molar-refractivity contribution >= 4 is 41.5 Å². The molecular formula is C15H23ClIN3. The highest BCUT2D eigenvalue weighted by Gasteiger charge is 2.44. The predicted molar refractivity (Wildman–Crippen MR) is 97.2 cm³/mol. The number of rotatable bonds is 3. The number of benzene rings is 1. The molecule has 0 spiro atoms. The summed E-state index contributed by atoms with van der Waals surface area (Å²) in [6.45, 7) is 6.93. The molecule has 1 fully saturated rings. The maximum absolute atomic E-state index is 6.06. The molecule has 0 aromatic heterocycles. The first kappa shape index (κ1) is 17.6. The van der Waals surface area contributed by atoms with E-state index in [1.165, 1.54) is 5.56 Å². The van der Waals surface area contributed by atoms with Crippen molar-refractivity contribution in [3.63, 3.8) is 0 Å². The summed E-state index contributed by atoms with van der Waals surface area (Å²) >= 11 is 6.06. The number of nitrogens with zero attached hydrogens (tertiary/aromatic N) is 1. The number of nitrogens with two attached hydrogens (primary N) is 1. The Kier molecular flexibility index (Phi) is 5.72. The highest BCUT2D eigenvalue weighted by molar-refractivity contribution is 14.0. The van der Waals surface area contributed by atoms with E-state index in [9.17, 15) is 0 Å². The summed E-state index contributed by atoms with van der Waals surface area (Å²) in [5, 5.41) is 3.97. The Hall–Kier alpha value is -0.490. The summed E-state index contributed by atoms with van der Waals surface area (Å²) < 4.78 is 0. The zero-order valence-electron chi connectivity index (χ0n) is 12.2. The molecule has 112 valence electrons. The Labute approximate surface area is 143 Å². The summed E-state index contributed by atoms with van der Waals surface area (Å²) in [6.07, 6.45) is 2.30. The minimum Gasteiger partial charge on any atom is -0.370 e. The van der Waals surface area contributed by atoms with Crippen molar-refractivity contribution in [2.75, 3.05) is 6.54 Å². The summed E-state index contributed by atoms with van der Waals surface area (Å²) in [5.74, 6) is 0.515. The number of nitrogens with one attached hydrogen (secondary N) is 1. The second kappa shape index (κ2) is 6.52. The van der Waals surface area contributed by atoms with Crippen LogP contribution < -0.4 is 11.1 Å². The van der Waals surface area contributed by atoms with Crippen molar-refractivity contribution in [1.82, 2.24) is 5.32 Å². The lowest BCUT2D eigenvalue weighted by atomic mass is 9.96. The van der Waals surface area contributed by atoms with Gasteiger partial charge in [-0.2, -0.15) is 0 Å². The van der Waals surface area contributed by atoms with Gasteiger partial charge in [0.25, 0.3) is 0 Å². The molecule has 1 saturated carbocycles. The van der Waals surface area contributed by atoms with Gasteiger partial charge in [-0.3, -0.25) is 4.99 Å². The summed E-state index contributed by atoms with van der Waals surface area (Å²) in [4.78, 5) is 4.49. The average Bonchev–Trinajstić information content (AvgIpc) is 3.05. The molecule has 0 saturated heterocycles. The van der Waals surface area contributed by atoms with Gasteiger partial charge in [0, 0.05) is 16.0 Å². The minimum atomic E-state index is -0.0552. The van der Waals surface area contributed by atoms with E-state index < -0.39 is 0 Å². The maximum Gasteiger partial charge on any atom is 0.189 e. The molecule has 0 unspecified atom stereocenters. The smallest absolute Gasteiger partial charge is 0.189 e. The molecule has 0 bridgehead atoms. The van der Waals surface area contributed by atoms with E-state index in [1.807, 2.05) is 18.2 Å². The normalized spacial score (nSPS) is 17.3. The molecular weight excluding hydrogens is 385 g/mol. The van der Waals surface area contributed by atoms with Gasteiger partial charge < -0.3 is 11.1 Å². The van der Waals surface area contributed by atoms with Gasteiger partial charge in [0.15, 0.2) is 5.96 Å². The van der Waals surface area contributed by atoms with Crippen LogP contribution in [0.1, 0.15) is 39.2 Å². The van der Waals surface area contributed by atoms with Crippen LogP contribution in [0.5, 0.6) is 0 Å². The minimum absolute atomic E-state index is 0. The molecule has 1 aliphatic carbocycles. The van der Waals surface area contributed by atoms with Crippen LogP contribution >= 0.6 is 35.6 Å². The maximum atomic E-state index is 6.06. The van der Waals surface area contributed by atoms with Gasteiger partial charge in [0.2, 0.25) is 0 Å². The van der Waals surface area contributed by atoms with Gasteiger partial charge in [0.05, 0.1) is 6.54 Å². The van der Waals surface area contributed by atoms with Crippen molar-refractivity contribution in [2.24, 2.45) is 10.7 Å². The largest absolute Gasteiger partial charge is 0.370 e. The first-order chi connectivity index (χ1) is 8.81. The highest BCUT2D eigenvalue weighted by atomic mass is 127. The molecule has 0 atom stereocenters. The number of halogens is 2. The third kappa shape index (κ3) is 4.81. The van der Waals surface area contributed by atoms with E-state index in [-0.39, 0.29) is 34.9 Å². The van der Waals surface area contributed by atoms with Crippen molar-refractivity contribution in [1.29, 1.82) is 0 Å². The molecule has 0 amide bonds. The average molecular weight is 408 g/mol. The Balaban J connectivity index is 0.00000200. The van der Waals surface area contributed by atoms with Gasteiger partial charge >= 0.3 is 0 Å². The molecule has 3 N–H and O–H groups in total. The summed E-state index contributed by atoms with van der Waals surface area (Å²) in [5.41, 5.74) is 7.28. The standard InChI is InChI=1S/C15H22ClN3.HI/c1-14(2,3)19-13(17)18-10-15(7-8-15)11-5-4-6-12(16)9-11;/h4-6,9H,7-8,10H2,1-3H3,(H3,17,18,19);1H. The number of aliphatic imine (C=N–C) groups is 1.